The third-order valence-electron chi connectivity index (χ3n) is 8.76. The topological polar surface area (TPSA) is 114 Å². The van der Waals surface area contributed by atoms with Crippen LogP contribution in [0, 0.1) is 5.92 Å². The minimum absolute atomic E-state index is 0.0160. The Balaban J connectivity index is 1.36. The number of nitrogens with one attached hydrogen (secondary N) is 1. The summed E-state index contributed by atoms with van der Waals surface area (Å²) in [6.45, 7) is 5.61. The van der Waals surface area contributed by atoms with Crippen molar-refractivity contribution < 1.29 is 22.7 Å². The Hall–Kier alpha value is -3.55. The van der Waals surface area contributed by atoms with Gasteiger partial charge in [0.25, 0.3) is 5.91 Å². The molecule has 0 aliphatic carbocycles. The highest BCUT2D eigenvalue weighted by Gasteiger charge is 2.44. The molecule has 3 N–H and O–H groups in total. The zero-order valence-corrected chi connectivity index (χ0v) is 24.5. The summed E-state index contributed by atoms with van der Waals surface area (Å²) in [6, 6.07) is 6.54. The molecule has 43 heavy (non-hydrogen) atoms. The van der Waals surface area contributed by atoms with Crippen LogP contribution in [0.15, 0.2) is 30.6 Å². The van der Waals surface area contributed by atoms with Crippen molar-refractivity contribution in [3.63, 3.8) is 0 Å². The van der Waals surface area contributed by atoms with E-state index in [1.54, 1.807) is 18.5 Å². The first kappa shape index (κ1) is 29.5. The highest BCUT2D eigenvalue weighted by atomic mass is 19.4. The lowest BCUT2D eigenvalue weighted by Crippen LogP contribution is -2.49. The molecule has 0 saturated carbocycles. The Bertz CT molecular complexity index is 1500. The number of hydrogen-bond acceptors (Lipinski definition) is 8. The average Bonchev–Trinajstić information content (AvgIpc) is 3.50. The molecule has 0 spiro atoms. The maximum atomic E-state index is 14.4. The molecule has 2 saturated heterocycles. The quantitative estimate of drug-likeness (QED) is 0.385. The fourth-order valence-electron chi connectivity index (χ4n) is 6.43. The van der Waals surface area contributed by atoms with Crippen molar-refractivity contribution in [3.8, 4) is 0 Å². The molecule has 3 aromatic rings. The van der Waals surface area contributed by atoms with Crippen molar-refractivity contribution in [1.29, 1.82) is 0 Å². The number of amides is 1. The molecular weight excluding hydrogens is 561 g/mol. The van der Waals surface area contributed by atoms with Crippen LogP contribution in [0.25, 0.3) is 0 Å². The van der Waals surface area contributed by atoms with Gasteiger partial charge in [-0.15, -0.1) is 10.2 Å². The summed E-state index contributed by atoms with van der Waals surface area (Å²) in [6.07, 6.45) is -0.307. The minimum Gasteiger partial charge on any atom is -0.379 e. The number of likely N-dealkylation sites (tertiary alicyclic amines) is 1. The van der Waals surface area contributed by atoms with E-state index in [-0.39, 0.29) is 23.5 Å². The van der Waals surface area contributed by atoms with Gasteiger partial charge in [0.15, 0.2) is 0 Å². The van der Waals surface area contributed by atoms with Crippen LogP contribution in [0.5, 0.6) is 0 Å². The molecule has 2 aromatic heterocycles. The van der Waals surface area contributed by atoms with Gasteiger partial charge < -0.3 is 20.4 Å². The van der Waals surface area contributed by atoms with Crippen LogP contribution in [0.3, 0.4) is 0 Å². The lowest BCUT2D eigenvalue weighted by molar-refractivity contribution is -0.138. The Morgan fingerprint density at radius 1 is 1.21 bits per heavy atom. The van der Waals surface area contributed by atoms with Gasteiger partial charge in [0.2, 0.25) is 0 Å². The predicted molar refractivity (Wildman–Crippen MR) is 155 cm³/mol. The number of carbonyl (C=O) groups is 1. The van der Waals surface area contributed by atoms with Crippen LogP contribution >= 0.6 is 0 Å². The molecule has 13 heteroatoms. The number of halogens is 3. The van der Waals surface area contributed by atoms with E-state index in [0.717, 1.165) is 37.3 Å². The predicted octanol–water partition coefficient (Wildman–Crippen LogP) is 3.50. The second kappa shape index (κ2) is 11.5. The van der Waals surface area contributed by atoms with E-state index in [2.05, 4.69) is 32.3 Å². The summed E-state index contributed by atoms with van der Waals surface area (Å²) < 4.78 is 50.7. The first-order valence-corrected chi connectivity index (χ1v) is 14.7. The van der Waals surface area contributed by atoms with E-state index < -0.39 is 23.1 Å². The zero-order valence-electron chi connectivity index (χ0n) is 24.5. The molecule has 3 aliphatic rings. The Kier molecular flexibility index (Phi) is 7.90. The molecule has 6 rings (SSSR count). The SMILES string of the molecule is C[C@H]1CCCN(Cc2cc3c(c(C(F)(F)F)c2)CN(c2cc(C4(Cc5nncn5C)COC4)cc(NCCN)n2)C3=O)C1. The van der Waals surface area contributed by atoms with E-state index in [9.17, 15) is 18.0 Å². The number of rotatable bonds is 9. The molecule has 1 amide bonds. The van der Waals surface area contributed by atoms with E-state index >= 15 is 0 Å². The number of ether oxygens (including phenoxy) is 1. The van der Waals surface area contributed by atoms with Crippen molar-refractivity contribution >= 4 is 17.5 Å². The molecule has 5 heterocycles. The number of nitrogens with two attached hydrogens (primary N) is 1. The number of aromatic nitrogens is 4. The van der Waals surface area contributed by atoms with Gasteiger partial charge in [-0.05, 0) is 66.3 Å². The van der Waals surface area contributed by atoms with Crippen molar-refractivity contribution in [1.82, 2.24) is 24.6 Å². The molecule has 3 aliphatic heterocycles. The van der Waals surface area contributed by atoms with Gasteiger partial charge in [-0.2, -0.15) is 13.2 Å². The summed E-state index contributed by atoms with van der Waals surface area (Å²) in [5.74, 6) is 1.54. The van der Waals surface area contributed by atoms with Crippen molar-refractivity contribution in [2.24, 2.45) is 18.7 Å². The second-order valence-electron chi connectivity index (χ2n) is 12.2. The molecule has 230 valence electrons. The monoisotopic (exact) mass is 598 g/mol. The summed E-state index contributed by atoms with van der Waals surface area (Å²) in [7, 11) is 1.87. The highest BCUT2D eigenvalue weighted by Crippen LogP contribution is 2.42. The van der Waals surface area contributed by atoms with Gasteiger partial charge >= 0.3 is 6.18 Å². The third kappa shape index (κ3) is 5.85. The molecular formula is C30H37F3N8O2. The normalized spacial score (nSPS) is 20.3. The molecule has 0 radical (unpaired) electrons. The number of fused-ring (bicyclic) bond motifs is 1. The Labute approximate surface area is 248 Å². The third-order valence-corrected chi connectivity index (χ3v) is 8.76. The first-order chi connectivity index (χ1) is 20.6. The van der Waals surface area contributed by atoms with E-state index in [1.807, 2.05) is 17.7 Å². The average molecular weight is 599 g/mol. The number of piperidine rings is 1. The van der Waals surface area contributed by atoms with Crippen molar-refractivity contribution in [3.05, 3.63) is 64.2 Å². The van der Waals surface area contributed by atoms with Gasteiger partial charge in [0, 0.05) is 50.6 Å². The van der Waals surface area contributed by atoms with Crippen LogP contribution in [0.2, 0.25) is 0 Å². The molecule has 1 atom stereocenters. The van der Waals surface area contributed by atoms with E-state index in [4.69, 9.17) is 10.5 Å². The summed E-state index contributed by atoms with van der Waals surface area (Å²) in [5, 5.41) is 11.4. The number of benzene rings is 1. The molecule has 1 aromatic carbocycles. The Morgan fingerprint density at radius 3 is 2.67 bits per heavy atom. The van der Waals surface area contributed by atoms with E-state index in [1.165, 1.54) is 11.0 Å². The summed E-state index contributed by atoms with van der Waals surface area (Å²) in [5.41, 5.74) is 5.93. The van der Waals surface area contributed by atoms with Gasteiger partial charge in [0.1, 0.15) is 23.8 Å². The number of nitrogens with zero attached hydrogens (tertiary/aromatic N) is 6. The van der Waals surface area contributed by atoms with Crippen LogP contribution < -0.4 is 16.0 Å². The number of anilines is 2. The fraction of sp³-hybridized carbons (Fsp3) is 0.533. The van der Waals surface area contributed by atoms with Gasteiger partial charge in [-0.25, -0.2) is 4.98 Å². The maximum absolute atomic E-state index is 14.4. The van der Waals surface area contributed by atoms with E-state index in [0.29, 0.717) is 56.6 Å². The minimum atomic E-state index is -4.60. The lowest BCUT2D eigenvalue weighted by Gasteiger charge is -2.42. The second-order valence-corrected chi connectivity index (χ2v) is 12.2. The van der Waals surface area contributed by atoms with Gasteiger partial charge in [-0.3, -0.25) is 14.6 Å². The number of pyridine rings is 1. The lowest BCUT2D eigenvalue weighted by atomic mass is 9.75. The van der Waals surface area contributed by atoms with Crippen LogP contribution in [0.4, 0.5) is 24.8 Å². The van der Waals surface area contributed by atoms with Gasteiger partial charge in [0.05, 0.1) is 25.3 Å². The zero-order chi connectivity index (χ0) is 30.4. The standard InChI is InChI=1S/C30H37F3N8O2/c1-19-4-3-7-40(13-19)14-20-8-22-23(24(9-20)30(31,32)33)15-41(28(22)42)26-11-21(10-25(37-26)35-6-5-34)29(16-43-17-29)12-27-38-36-18-39(27)2/h8-11,18-19H,3-7,12-17,34H2,1-2H3,(H,35,37)/t19-/m0/s1. The highest BCUT2D eigenvalue weighted by molar-refractivity contribution is 6.10. The van der Waals surface area contributed by atoms with Crippen LogP contribution in [-0.2, 0) is 42.9 Å². The number of alkyl halides is 3. The fourth-order valence-corrected chi connectivity index (χ4v) is 6.43. The summed E-state index contributed by atoms with van der Waals surface area (Å²) in [4.78, 5) is 22.0. The van der Waals surface area contributed by atoms with Crippen LogP contribution in [0.1, 0.15) is 58.2 Å². The number of hydrogen-bond donors (Lipinski definition) is 2. The summed E-state index contributed by atoms with van der Waals surface area (Å²) >= 11 is 0. The number of aryl methyl sites for hydroxylation is 1. The molecule has 0 unspecified atom stereocenters. The maximum Gasteiger partial charge on any atom is 0.416 e. The molecule has 0 bridgehead atoms. The first-order valence-electron chi connectivity index (χ1n) is 14.7. The molecule has 2 fully saturated rings. The number of carbonyl (C=O) groups excluding carboxylic acids is 1. The molecule has 10 nitrogen and oxygen atoms in total. The largest absolute Gasteiger partial charge is 0.416 e. The van der Waals surface area contributed by atoms with Crippen LogP contribution in [-0.4, -0.2) is 69.9 Å². The van der Waals surface area contributed by atoms with Crippen molar-refractivity contribution in [2.75, 3.05) is 49.6 Å². The Morgan fingerprint density at radius 2 is 2.02 bits per heavy atom. The van der Waals surface area contributed by atoms with Crippen molar-refractivity contribution in [2.45, 2.75) is 50.9 Å². The van der Waals surface area contributed by atoms with Gasteiger partial charge in [-0.1, -0.05) is 6.92 Å². The smallest absolute Gasteiger partial charge is 0.379 e.